The highest BCUT2D eigenvalue weighted by Crippen LogP contribution is 2.26. The van der Waals surface area contributed by atoms with Crippen molar-refractivity contribution < 1.29 is 14.2 Å². The first-order chi connectivity index (χ1) is 8.38. The molecule has 2 rings (SSSR count). The molecule has 4 heteroatoms. The summed E-state index contributed by atoms with van der Waals surface area (Å²) in [5, 5.41) is 0. The van der Waals surface area contributed by atoms with Crippen LogP contribution in [0.5, 0.6) is 0 Å². The second kappa shape index (κ2) is 7.01. The van der Waals surface area contributed by atoms with E-state index in [1.807, 2.05) is 25.1 Å². The van der Waals surface area contributed by atoms with Crippen molar-refractivity contribution in [1.29, 1.82) is 0 Å². The first-order valence-electron chi connectivity index (χ1n) is 5.89. The van der Waals surface area contributed by atoms with Crippen LogP contribution in [0.1, 0.15) is 12.5 Å². The highest BCUT2D eigenvalue weighted by molar-refractivity contribution is 8.00. The summed E-state index contributed by atoms with van der Waals surface area (Å²) in [6, 6.07) is 10.2. The van der Waals surface area contributed by atoms with Gasteiger partial charge in [-0.3, -0.25) is 0 Å². The van der Waals surface area contributed by atoms with Gasteiger partial charge in [0.1, 0.15) is 5.44 Å². The van der Waals surface area contributed by atoms with Crippen LogP contribution in [0.2, 0.25) is 0 Å². The number of hydrogen-bond acceptors (Lipinski definition) is 4. The molecule has 3 nitrogen and oxygen atoms in total. The third-order valence-electron chi connectivity index (χ3n) is 2.44. The van der Waals surface area contributed by atoms with Crippen molar-refractivity contribution in [3.05, 3.63) is 35.9 Å². The van der Waals surface area contributed by atoms with Crippen LogP contribution in [-0.2, 0) is 20.8 Å². The predicted molar refractivity (Wildman–Crippen MR) is 68.8 cm³/mol. The van der Waals surface area contributed by atoms with Gasteiger partial charge < -0.3 is 14.2 Å². The normalized spacial score (nSPS) is 24.1. The molecular weight excluding hydrogens is 236 g/mol. The topological polar surface area (TPSA) is 27.7 Å². The minimum absolute atomic E-state index is 0.0599. The molecule has 1 heterocycles. The molecule has 1 aromatic rings. The van der Waals surface area contributed by atoms with Crippen molar-refractivity contribution >= 4 is 11.8 Å². The van der Waals surface area contributed by atoms with Gasteiger partial charge in [-0.1, -0.05) is 30.3 Å². The zero-order valence-electron chi connectivity index (χ0n) is 10.0. The number of benzene rings is 1. The monoisotopic (exact) mass is 254 g/mol. The van der Waals surface area contributed by atoms with Crippen molar-refractivity contribution in [2.45, 2.75) is 25.3 Å². The molecule has 0 N–H and O–H groups in total. The maximum atomic E-state index is 5.66. The zero-order chi connectivity index (χ0) is 11.9. The molecule has 1 aliphatic rings. The molecule has 0 radical (unpaired) electrons. The lowest BCUT2D eigenvalue weighted by Gasteiger charge is -2.12. The molecule has 94 valence electrons. The fourth-order valence-electron chi connectivity index (χ4n) is 1.64. The van der Waals surface area contributed by atoms with Gasteiger partial charge in [-0.05, 0) is 12.5 Å². The summed E-state index contributed by atoms with van der Waals surface area (Å²) in [5.41, 5.74) is 1.30. The predicted octanol–water partition coefficient (Wildman–Crippen LogP) is 2.66. The molecular formula is C13H18O3S. The Kier molecular flexibility index (Phi) is 5.32. The molecule has 0 aromatic heterocycles. The van der Waals surface area contributed by atoms with Crippen LogP contribution in [0.15, 0.2) is 30.3 Å². The third kappa shape index (κ3) is 4.32. The molecule has 0 bridgehead atoms. The maximum Gasteiger partial charge on any atom is 0.168 e. The number of thioether (sulfide) groups is 1. The Morgan fingerprint density at radius 2 is 2.18 bits per heavy atom. The minimum atomic E-state index is -0.0599. The van der Waals surface area contributed by atoms with E-state index in [1.54, 1.807) is 11.8 Å². The molecule has 2 atom stereocenters. The molecule has 0 amide bonds. The highest BCUT2D eigenvalue weighted by Gasteiger charge is 2.25. The summed E-state index contributed by atoms with van der Waals surface area (Å²) >= 11 is 1.75. The smallest absolute Gasteiger partial charge is 0.168 e. The van der Waals surface area contributed by atoms with Crippen molar-refractivity contribution in [3.8, 4) is 0 Å². The molecule has 0 saturated carbocycles. The van der Waals surface area contributed by atoms with E-state index in [1.165, 1.54) is 5.56 Å². The molecule has 0 aliphatic carbocycles. The molecule has 1 fully saturated rings. The summed E-state index contributed by atoms with van der Waals surface area (Å²) in [6.45, 7) is 3.93. The Balaban J connectivity index is 1.63. The SMILES string of the molecule is CCOC1CSC(COCc2ccccc2)O1. The average molecular weight is 254 g/mol. The minimum Gasteiger partial charge on any atom is -0.373 e. The lowest BCUT2D eigenvalue weighted by atomic mass is 10.2. The first-order valence-corrected chi connectivity index (χ1v) is 6.93. The van der Waals surface area contributed by atoms with E-state index in [-0.39, 0.29) is 11.7 Å². The molecule has 17 heavy (non-hydrogen) atoms. The summed E-state index contributed by atoms with van der Waals surface area (Å²) in [6.07, 6.45) is -0.0599. The summed E-state index contributed by atoms with van der Waals surface area (Å²) in [5.74, 6) is 0.896. The van der Waals surface area contributed by atoms with Gasteiger partial charge in [-0.25, -0.2) is 0 Å². The Morgan fingerprint density at radius 1 is 1.35 bits per heavy atom. The van der Waals surface area contributed by atoms with Crippen LogP contribution in [-0.4, -0.2) is 30.7 Å². The highest BCUT2D eigenvalue weighted by atomic mass is 32.2. The van der Waals surface area contributed by atoms with Gasteiger partial charge in [0.2, 0.25) is 0 Å². The van der Waals surface area contributed by atoms with E-state index in [2.05, 4.69) is 12.1 Å². The van der Waals surface area contributed by atoms with Crippen LogP contribution in [0.3, 0.4) is 0 Å². The van der Waals surface area contributed by atoms with Gasteiger partial charge in [-0.2, -0.15) is 0 Å². The van der Waals surface area contributed by atoms with Crippen LogP contribution in [0, 0.1) is 0 Å². The van der Waals surface area contributed by atoms with Gasteiger partial charge in [0, 0.05) is 12.4 Å². The molecule has 1 aliphatic heterocycles. The van der Waals surface area contributed by atoms with E-state index < -0.39 is 0 Å². The third-order valence-corrected chi connectivity index (χ3v) is 3.52. The summed E-state index contributed by atoms with van der Waals surface area (Å²) < 4.78 is 16.7. The Bertz CT molecular complexity index is 318. The summed E-state index contributed by atoms with van der Waals surface area (Å²) in [7, 11) is 0. The Hall–Kier alpha value is -0.550. The maximum absolute atomic E-state index is 5.66. The van der Waals surface area contributed by atoms with Gasteiger partial charge >= 0.3 is 0 Å². The van der Waals surface area contributed by atoms with Crippen LogP contribution < -0.4 is 0 Å². The van der Waals surface area contributed by atoms with E-state index in [0.717, 1.165) is 5.75 Å². The lowest BCUT2D eigenvalue weighted by Crippen LogP contribution is -2.18. The fraction of sp³-hybridized carbons (Fsp3) is 0.538. The van der Waals surface area contributed by atoms with Crippen molar-refractivity contribution in [3.63, 3.8) is 0 Å². The van der Waals surface area contributed by atoms with E-state index in [0.29, 0.717) is 19.8 Å². The van der Waals surface area contributed by atoms with Crippen LogP contribution in [0.25, 0.3) is 0 Å². The second-order valence-corrected chi connectivity index (χ2v) is 4.98. The quantitative estimate of drug-likeness (QED) is 0.780. The Labute approximate surface area is 106 Å². The van der Waals surface area contributed by atoms with Gasteiger partial charge in [0.05, 0.1) is 13.2 Å². The Morgan fingerprint density at radius 3 is 2.94 bits per heavy atom. The zero-order valence-corrected chi connectivity index (χ0v) is 10.8. The van der Waals surface area contributed by atoms with Gasteiger partial charge in [-0.15, -0.1) is 11.8 Å². The average Bonchev–Trinajstić information content (AvgIpc) is 2.79. The number of hydrogen-bond donors (Lipinski definition) is 0. The van der Waals surface area contributed by atoms with Crippen molar-refractivity contribution in [2.24, 2.45) is 0 Å². The van der Waals surface area contributed by atoms with Gasteiger partial charge in [0.25, 0.3) is 0 Å². The van der Waals surface area contributed by atoms with Crippen molar-refractivity contribution in [1.82, 2.24) is 0 Å². The largest absolute Gasteiger partial charge is 0.373 e. The first kappa shape index (κ1) is 12.9. The van der Waals surface area contributed by atoms with Crippen LogP contribution >= 0.6 is 11.8 Å². The number of ether oxygens (including phenoxy) is 3. The lowest BCUT2D eigenvalue weighted by molar-refractivity contribution is -0.133. The second-order valence-electron chi connectivity index (χ2n) is 3.78. The fourth-order valence-corrected chi connectivity index (χ4v) is 2.58. The molecule has 0 spiro atoms. The van der Waals surface area contributed by atoms with E-state index in [4.69, 9.17) is 14.2 Å². The molecule has 1 saturated heterocycles. The van der Waals surface area contributed by atoms with Crippen LogP contribution in [0.4, 0.5) is 0 Å². The molecule has 1 aromatic carbocycles. The molecule has 2 unspecified atom stereocenters. The standard InChI is InChI=1S/C13H18O3S/c1-2-15-12-10-17-13(16-12)9-14-8-11-6-4-3-5-7-11/h3-7,12-13H,2,8-10H2,1H3. The van der Waals surface area contributed by atoms with E-state index >= 15 is 0 Å². The van der Waals surface area contributed by atoms with Gasteiger partial charge in [0.15, 0.2) is 6.29 Å². The van der Waals surface area contributed by atoms with Crippen molar-refractivity contribution in [2.75, 3.05) is 19.0 Å². The summed E-state index contributed by atoms with van der Waals surface area (Å²) in [4.78, 5) is 0. The van der Waals surface area contributed by atoms with E-state index in [9.17, 15) is 0 Å². The number of rotatable bonds is 6.